The molecule has 96 valence electrons. The van der Waals surface area contributed by atoms with E-state index in [0.29, 0.717) is 19.7 Å². The van der Waals surface area contributed by atoms with E-state index >= 15 is 0 Å². The van der Waals surface area contributed by atoms with Gasteiger partial charge in [0.2, 0.25) is 0 Å². The highest BCUT2D eigenvalue weighted by Crippen LogP contribution is 2.21. The topological polar surface area (TPSA) is 32.7 Å². The fourth-order valence-electron chi connectivity index (χ4n) is 1.80. The summed E-state index contributed by atoms with van der Waals surface area (Å²) in [5, 5.41) is 8.56. The average molecular weight is 241 g/mol. The first-order chi connectivity index (χ1) is 7.51. The van der Waals surface area contributed by atoms with E-state index in [-0.39, 0.29) is 19.3 Å². The fourth-order valence-corrected chi connectivity index (χ4v) is 1.80. The first kappa shape index (κ1) is 13.7. The van der Waals surface area contributed by atoms with Gasteiger partial charge in [0.25, 0.3) is 0 Å². The summed E-state index contributed by atoms with van der Waals surface area (Å²) in [6, 6.07) is 0. The summed E-state index contributed by atoms with van der Waals surface area (Å²) < 4.78 is 41.3. The van der Waals surface area contributed by atoms with Gasteiger partial charge in [-0.1, -0.05) is 0 Å². The minimum atomic E-state index is -4.07. The zero-order valence-electron chi connectivity index (χ0n) is 9.17. The summed E-state index contributed by atoms with van der Waals surface area (Å²) in [7, 11) is 0. The maximum atomic E-state index is 12.0. The van der Waals surface area contributed by atoms with E-state index < -0.39 is 12.6 Å². The lowest BCUT2D eigenvalue weighted by Crippen LogP contribution is -2.39. The van der Waals surface area contributed by atoms with Crippen LogP contribution in [-0.4, -0.2) is 55.1 Å². The van der Waals surface area contributed by atoms with Gasteiger partial charge in [-0.3, -0.25) is 0 Å². The molecular weight excluding hydrogens is 223 g/mol. The number of hydrogen-bond acceptors (Lipinski definition) is 3. The van der Waals surface area contributed by atoms with Gasteiger partial charge in [0.1, 0.15) is 0 Å². The van der Waals surface area contributed by atoms with Gasteiger partial charge >= 0.3 is 6.18 Å². The molecule has 1 fully saturated rings. The molecule has 0 aliphatic carbocycles. The van der Waals surface area contributed by atoms with Gasteiger partial charge in [0.05, 0.1) is 25.7 Å². The summed E-state index contributed by atoms with van der Waals surface area (Å²) >= 11 is 0. The molecule has 0 atom stereocenters. The van der Waals surface area contributed by atoms with Crippen molar-refractivity contribution in [1.82, 2.24) is 4.90 Å². The Morgan fingerprint density at radius 3 is 2.38 bits per heavy atom. The van der Waals surface area contributed by atoms with Crippen LogP contribution >= 0.6 is 0 Å². The Hall–Kier alpha value is -0.330. The van der Waals surface area contributed by atoms with Crippen molar-refractivity contribution in [2.45, 2.75) is 31.5 Å². The number of nitrogens with zero attached hydrogens (tertiary/aromatic N) is 1. The predicted molar refractivity (Wildman–Crippen MR) is 53.2 cm³/mol. The van der Waals surface area contributed by atoms with E-state index in [4.69, 9.17) is 9.84 Å². The third-order valence-electron chi connectivity index (χ3n) is 2.69. The van der Waals surface area contributed by atoms with Crippen molar-refractivity contribution in [3.05, 3.63) is 0 Å². The van der Waals surface area contributed by atoms with E-state index in [1.807, 2.05) is 4.90 Å². The first-order valence-corrected chi connectivity index (χ1v) is 5.53. The van der Waals surface area contributed by atoms with Crippen LogP contribution in [0.3, 0.4) is 0 Å². The van der Waals surface area contributed by atoms with Crippen LogP contribution in [0.4, 0.5) is 13.2 Å². The Kier molecular flexibility index (Phi) is 5.51. The molecule has 3 nitrogen and oxygen atoms in total. The highest BCUT2D eigenvalue weighted by atomic mass is 19.4. The molecule has 1 saturated heterocycles. The predicted octanol–water partition coefficient (Wildman–Crippen LogP) is 1.41. The standard InChI is InChI=1S/C10H18F3NO2/c11-10(12,13)3-6-14-4-1-9(2-5-14)16-8-7-15/h9,15H,1-8H2. The Morgan fingerprint density at radius 2 is 1.88 bits per heavy atom. The van der Waals surface area contributed by atoms with E-state index in [1.165, 1.54) is 0 Å². The van der Waals surface area contributed by atoms with Crippen LogP contribution in [0.2, 0.25) is 0 Å². The van der Waals surface area contributed by atoms with Crippen molar-refractivity contribution in [3.8, 4) is 0 Å². The molecule has 1 rings (SSSR count). The smallest absolute Gasteiger partial charge is 0.390 e. The van der Waals surface area contributed by atoms with Crippen molar-refractivity contribution in [1.29, 1.82) is 0 Å². The number of rotatable bonds is 5. The second kappa shape index (κ2) is 6.42. The van der Waals surface area contributed by atoms with Gasteiger partial charge in [-0.2, -0.15) is 13.2 Å². The molecule has 1 heterocycles. The SMILES string of the molecule is OCCOC1CCN(CCC(F)(F)F)CC1. The van der Waals surface area contributed by atoms with Crippen molar-refractivity contribution < 1.29 is 23.0 Å². The molecule has 0 unspecified atom stereocenters. The Bertz CT molecular complexity index is 191. The van der Waals surface area contributed by atoms with Crippen LogP contribution in [0.5, 0.6) is 0 Å². The Balaban J connectivity index is 2.12. The molecule has 1 N–H and O–H groups in total. The highest BCUT2D eigenvalue weighted by molar-refractivity contribution is 4.73. The molecule has 16 heavy (non-hydrogen) atoms. The quantitative estimate of drug-likeness (QED) is 0.790. The van der Waals surface area contributed by atoms with Gasteiger partial charge in [0.15, 0.2) is 0 Å². The third kappa shape index (κ3) is 5.67. The molecule has 6 heteroatoms. The summed E-state index contributed by atoms with van der Waals surface area (Å²) in [5.41, 5.74) is 0. The lowest BCUT2D eigenvalue weighted by Gasteiger charge is -2.31. The molecule has 1 aliphatic rings. The molecular formula is C10H18F3NO2. The highest BCUT2D eigenvalue weighted by Gasteiger charge is 2.29. The van der Waals surface area contributed by atoms with Crippen LogP contribution in [0, 0.1) is 0 Å². The van der Waals surface area contributed by atoms with E-state index in [2.05, 4.69) is 0 Å². The summed E-state index contributed by atoms with van der Waals surface area (Å²) in [4.78, 5) is 1.81. The zero-order valence-corrected chi connectivity index (χ0v) is 9.17. The van der Waals surface area contributed by atoms with Crippen molar-refractivity contribution >= 4 is 0 Å². The van der Waals surface area contributed by atoms with Crippen LogP contribution < -0.4 is 0 Å². The number of aliphatic hydroxyl groups excluding tert-OH is 1. The minimum absolute atomic E-state index is 0.00567. The maximum Gasteiger partial charge on any atom is 0.390 e. The number of piperidine rings is 1. The zero-order chi connectivity index (χ0) is 12.0. The van der Waals surface area contributed by atoms with Crippen molar-refractivity contribution in [3.63, 3.8) is 0 Å². The number of aliphatic hydroxyl groups is 1. The number of halogens is 3. The lowest BCUT2D eigenvalue weighted by atomic mass is 10.1. The van der Waals surface area contributed by atoms with Gasteiger partial charge in [-0.25, -0.2) is 0 Å². The van der Waals surface area contributed by atoms with Gasteiger partial charge in [0, 0.05) is 19.6 Å². The van der Waals surface area contributed by atoms with E-state index in [1.54, 1.807) is 0 Å². The molecule has 1 aliphatic heterocycles. The number of likely N-dealkylation sites (tertiary alicyclic amines) is 1. The number of hydrogen-bond donors (Lipinski definition) is 1. The minimum Gasteiger partial charge on any atom is -0.394 e. The molecule has 0 spiro atoms. The van der Waals surface area contributed by atoms with Crippen molar-refractivity contribution in [2.75, 3.05) is 32.8 Å². The molecule has 0 aromatic carbocycles. The number of ether oxygens (including phenoxy) is 1. The average Bonchev–Trinajstić information content (AvgIpc) is 2.24. The Labute approximate surface area is 93.2 Å². The van der Waals surface area contributed by atoms with Crippen LogP contribution in [-0.2, 0) is 4.74 Å². The van der Waals surface area contributed by atoms with Gasteiger partial charge in [-0.05, 0) is 12.8 Å². The molecule has 0 aromatic rings. The van der Waals surface area contributed by atoms with Crippen LogP contribution in [0.25, 0.3) is 0 Å². The lowest BCUT2D eigenvalue weighted by molar-refractivity contribution is -0.139. The van der Waals surface area contributed by atoms with Gasteiger partial charge in [-0.15, -0.1) is 0 Å². The molecule has 0 radical (unpaired) electrons. The maximum absolute atomic E-state index is 12.0. The molecule has 0 bridgehead atoms. The normalized spacial score (nSPS) is 20.2. The van der Waals surface area contributed by atoms with Crippen LogP contribution in [0.1, 0.15) is 19.3 Å². The fraction of sp³-hybridized carbons (Fsp3) is 1.00. The van der Waals surface area contributed by atoms with E-state index in [9.17, 15) is 13.2 Å². The molecule has 0 amide bonds. The third-order valence-corrected chi connectivity index (χ3v) is 2.69. The molecule has 0 aromatic heterocycles. The largest absolute Gasteiger partial charge is 0.394 e. The van der Waals surface area contributed by atoms with Crippen molar-refractivity contribution in [2.24, 2.45) is 0 Å². The van der Waals surface area contributed by atoms with Gasteiger partial charge < -0.3 is 14.7 Å². The monoisotopic (exact) mass is 241 g/mol. The Morgan fingerprint density at radius 1 is 1.25 bits per heavy atom. The summed E-state index contributed by atoms with van der Waals surface area (Å²) in [6.45, 7) is 1.68. The summed E-state index contributed by atoms with van der Waals surface area (Å²) in [5.74, 6) is 0. The second-order valence-corrected chi connectivity index (χ2v) is 4.00. The van der Waals surface area contributed by atoms with Crippen LogP contribution in [0.15, 0.2) is 0 Å². The summed E-state index contributed by atoms with van der Waals surface area (Å²) in [6.07, 6.45) is -3.22. The first-order valence-electron chi connectivity index (χ1n) is 5.53. The number of alkyl halides is 3. The van der Waals surface area contributed by atoms with E-state index in [0.717, 1.165) is 12.8 Å². The molecule has 0 saturated carbocycles. The second-order valence-electron chi connectivity index (χ2n) is 4.00.